The number of hydrogen-bond donors (Lipinski definition) is 1. The van der Waals surface area contributed by atoms with Crippen molar-refractivity contribution < 1.29 is 0 Å². The van der Waals surface area contributed by atoms with Crippen LogP contribution in [-0.4, -0.2) is 51.6 Å². The van der Waals surface area contributed by atoms with Gasteiger partial charge in [-0.1, -0.05) is 6.07 Å². The molecule has 0 radical (unpaired) electrons. The minimum Gasteiger partial charge on any atom is -0.352 e. The number of aryl methyl sites for hydroxylation is 1. The first-order valence-electron chi connectivity index (χ1n) is 8.24. The summed E-state index contributed by atoms with van der Waals surface area (Å²) < 4.78 is 2.25. The van der Waals surface area contributed by atoms with Gasteiger partial charge in [0, 0.05) is 37.7 Å². The van der Waals surface area contributed by atoms with E-state index in [1.807, 2.05) is 18.3 Å². The number of likely N-dealkylation sites (N-methyl/N-ethyl adjacent to an activating group) is 1. The quantitative estimate of drug-likeness (QED) is 0.843. The number of nitrogens with zero attached hydrogens (tertiary/aromatic N) is 4. The highest BCUT2D eigenvalue weighted by atomic mass is 32.1. The normalized spacial score (nSPS) is 20.7. The average Bonchev–Trinajstić information content (AvgIpc) is 3.06. The van der Waals surface area contributed by atoms with Crippen LogP contribution in [0.3, 0.4) is 0 Å². The van der Waals surface area contributed by atoms with Crippen molar-refractivity contribution in [1.29, 1.82) is 0 Å². The molecule has 1 aliphatic rings. The van der Waals surface area contributed by atoms with Crippen molar-refractivity contribution in [1.82, 2.24) is 24.7 Å². The van der Waals surface area contributed by atoms with E-state index in [9.17, 15) is 0 Å². The smallest absolute Gasteiger partial charge is 0.170 e. The first-order valence-corrected chi connectivity index (χ1v) is 8.65. The third-order valence-electron chi connectivity index (χ3n) is 4.70. The lowest BCUT2D eigenvalue weighted by Crippen LogP contribution is -2.36. The molecule has 3 heterocycles. The molecule has 0 aromatic carbocycles. The van der Waals surface area contributed by atoms with Gasteiger partial charge in [0.15, 0.2) is 5.11 Å². The maximum Gasteiger partial charge on any atom is 0.170 e. The predicted octanol–water partition coefficient (Wildman–Crippen LogP) is 2.26. The van der Waals surface area contributed by atoms with Crippen LogP contribution in [0.1, 0.15) is 29.2 Å². The highest BCUT2D eigenvalue weighted by Gasteiger charge is 2.40. The summed E-state index contributed by atoms with van der Waals surface area (Å²) in [5.74, 6) is 0. The largest absolute Gasteiger partial charge is 0.352 e. The Morgan fingerprint density at radius 3 is 2.62 bits per heavy atom. The Balaban J connectivity index is 1.99. The summed E-state index contributed by atoms with van der Waals surface area (Å²) in [5, 5.41) is 4.29. The SMILES string of the molecule is Cc1ccc([C@@H]2[C@H](c3ccccn3)NC(=S)N2CCN(C)C)n1C. The summed E-state index contributed by atoms with van der Waals surface area (Å²) >= 11 is 5.66. The fraction of sp³-hybridized carbons (Fsp3) is 0.444. The number of thiocarbonyl (C=S) groups is 1. The minimum atomic E-state index is 0.0638. The Morgan fingerprint density at radius 1 is 1.25 bits per heavy atom. The molecule has 0 spiro atoms. The maximum absolute atomic E-state index is 5.66. The zero-order chi connectivity index (χ0) is 17.3. The van der Waals surface area contributed by atoms with E-state index in [4.69, 9.17) is 12.2 Å². The summed E-state index contributed by atoms with van der Waals surface area (Å²) in [5.41, 5.74) is 3.53. The van der Waals surface area contributed by atoms with Crippen molar-refractivity contribution in [3.8, 4) is 0 Å². The van der Waals surface area contributed by atoms with Crippen LogP contribution in [-0.2, 0) is 7.05 Å². The maximum atomic E-state index is 5.66. The van der Waals surface area contributed by atoms with Gasteiger partial charge in [0.1, 0.15) is 0 Å². The van der Waals surface area contributed by atoms with Crippen molar-refractivity contribution in [2.24, 2.45) is 7.05 Å². The highest BCUT2D eigenvalue weighted by molar-refractivity contribution is 7.80. The molecule has 3 rings (SSSR count). The van der Waals surface area contributed by atoms with Gasteiger partial charge in [-0.25, -0.2) is 0 Å². The number of nitrogens with one attached hydrogen (secondary N) is 1. The molecule has 2 aromatic rings. The van der Waals surface area contributed by atoms with Crippen LogP contribution >= 0.6 is 12.2 Å². The average molecular weight is 344 g/mol. The van der Waals surface area contributed by atoms with Crippen LogP contribution in [0.4, 0.5) is 0 Å². The molecule has 0 unspecified atom stereocenters. The topological polar surface area (TPSA) is 36.3 Å². The Hall–Kier alpha value is -1.92. The summed E-state index contributed by atoms with van der Waals surface area (Å²) in [6.07, 6.45) is 1.84. The van der Waals surface area contributed by atoms with Gasteiger partial charge in [-0.3, -0.25) is 4.98 Å². The van der Waals surface area contributed by atoms with Crippen molar-refractivity contribution >= 4 is 17.3 Å². The van der Waals surface area contributed by atoms with Crippen LogP contribution in [0.5, 0.6) is 0 Å². The first-order chi connectivity index (χ1) is 11.5. The molecular weight excluding hydrogens is 318 g/mol. The van der Waals surface area contributed by atoms with E-state index in [1.54, 1.807) is 0 Å². The molecule has 1 N–H and O–H groups in total. The van der Waals surface area contributed by atoms with Crippen molar-refractivity contribution in [2.45, 2.75) is 19.0 Å². The lowest BCUT2D eigenvalue weighted by Gasteiger charge is -2.29. The zero-order valence-electron chi connectivity index (χ0n) is 14.7. The zero-order valence-corrected chi connectivity index (χ0v) is 15.5. The van der Waals surface area contributed by atoms with E-state index >= 15 is 0 Å². The Kier molecular flexibility index (Phi) is 4.87. The van der Waals surface area contributed by atoms with Crippen LogP contribution in [0.2, 0.25) is 0 Å². The second-order valence-electron chi connectivity index (χ2n) is 6.58. The summed E-state index contributed by atoms with van der Waals surface area (Å²) in [6.45, 7) is 3.97. The fourth-order valence-electron chi connectivity index (χ4n) is 3.21. The molecule has 2 atom stereocenters. The lowest BCUT2D eigenvalue weighted by molar-refractivity contribution is 0.270. The van der Waals surface area contributed by atoms with Gasteiger partial charge in [0.05, 0.1) is 17.8 Å². The third-order valence-corrected chi connectivity index (χ3v) is 5.05. The van der Waals surface area contributed by atoms with Crippen molar-refractivity contribution in [3.05, 3.63) is 53.6 Å². The molecule has 0 saturated carbocycles. The number of aromatic nitrogens is 2. The van der Waals surface area contributed by atoms with Crippen LogP contribution in [0, 0.1) is 6.92 Å². The summed E-state index contributed by atoms with van der Waals surface area (Å²) in [4.78, 5) is 9.05. The predicted molar refractivity (Wildman–Crippen MR) is 101 cm³/mol. The van der Waals surface area contributed by atoms with Gasteiger partial charge in [-0.2, -0.15) is 0 Å². The lowest BCUT2D eigenvalue weighted by atomic mass is 10.0. The monoisotopic (exact) mass is 343 g/mol. The van der Waals surface area contributed by atoms with E-state index < -0.39 is 0 Å². The van der Waals surface area contributed by atoms with E-state index in [1.165, 1.54) is 11.4 Å². The second kappa shape index (κ2) is 6.91. The van der Waals surface area contributed by atoms with Crippen LogP contribution in [0.15, 0.2) is 36.5 Å². The molecule has 0 aliphatic carbocycles. The molecule has 1 saturated heterocycles. The molecule has 1 fully saturated rings. The standard InChI is InChI=1S/C18H25N5S/c1-13-8-9-15(22(13)4)17-16(14-7-5-6-10-19-14)20-18(24)23(17)12-11-21(2)3/h5-10,16-17H,11-12H2,1-4H3,(H,20,24)/t16-,17+/m0/s1. The number of rotatable bonds is 5. The van der Waals surface area contributed by atoms with E-state index in [0.717, 1.165) is 23.9 Å². The molecule has 128 valence electrons. The van der Waals surface area contributed by atoms with Crippen LogP contribution in [0.25, 0.3) is 0 Å². The molecule has 1 aliphatic heterocycles. The Morgan fingerprint density at radius 2 is 2.04 bits per heavy atom. The Bertz CT molecular complexity index is 709. The van der Waals surface area contributed by atoms with Crippen molar-refractivity contribution in [2.75, 3.05) is 27.2 Å². The van der Waals surface area contributed by atoms with E-state index in [-0.39, 0.29) is 12.1 Å². The van der Waals surface area contributed by atoms with Gasteiger partial charge in [0.2, 0.25) is 0 Å². The third kappa shape index (κ3) is 3.16. The Labute approximate surface area is 149 Å². The minimum absolute atomic E-state index is 0.0638. The van der Waals surface area contributed by atoms with E-state index in [0.29, 0.717) is 0 Å². The summed E-state index contributed by atoms with van der Waals surface area (Å²) in [6, 6.07) is 10.6. The highest BCUT2D eigenvalue weighted by Crippen LogP contribution is 2.38. The first kappa shape index (κ1) is 16.9. The van der Waals surface area contributed by atoms with Gasteiger partial charge in [0.25, 0.3) is 0 Å². The molecule has 2 aromatic heterocycles. The van der Waals surface area contributed by atoms with Gasteiger partial charge < -0.3 is 19.7 Å². The molecular formula is C18H25N5S. The van der Waals surface area contributed by atoms with Gasteiger partial charge >= 0.3 is 0 Å². The molecule has 0 bridgehead atoms. The molecule has 0 amide bonds. The van der Waals surface area contributed by atoms with E-state index in [2.05, 4.69) is 70.9 Å². The number of hydrogen-bond acceptors (Lipinski definition) is 3. The second-order valence-corrected chi connectivity index (χ2v) is 6.97. The van der Waals surface area contributed by atoms with Gasteiger partial charge in [-0.05, 0) is 57.5 Å². The number of pyridine rings is 1. The van der Waals surface area contributed by atoms with Crippen LogP contribution < -0.4 is 5.32 Å². The van der Waals surface area contributed by atoms with Crippen molar-refractivity contribution in [3.63, 3.8) is 0 Å². The molecule has 5 nitrogen and oxygen atoms in total. The molecule has 6 heteroatoms. The summed E-state index contributed by atoms with van der Waals surface area (Å²) in [7, 11) is 6.29. The fourth-order valence-corrected chi connectivity index (χ4v) is 3.54. The van der Waals surface area contributed by atoms with Gasteiger partial charge in [-0.15, -0.1) is 0 Å². The molecule has 24 heavy (non-hydrogen) atoms.